The number of nitrogens with zero attached hydrogens (tertiary/aromatic N) is 4. The maximum absolute atomic E-state index is 11.5. The highest BCUT2D eigenvalue weighted by Crippen LogP contribution is 2.20. The molecule has 0 spiro atoms. The zero-order valence-electron chi connectivity index (χ0n) is 12.0. The van der Waals surface area contributed by atoms with Crippen LogP contribution in [-0.2, 0) is 4.74 Å². The lowest BCUT2D eigenvalue weighted by Gasteiger charge is -2.06. The van der Waals surface area contributed by atoms with Crippen LogP contribution in [0.5, 0.6) is 0 Å². The van der Waals surface area contributed by atoms with Crippen LogP contribution in [0, 0.1) is 13.8 Å². The maximum atomic E-state index is 11.5. The second-order valence-electron chi connectivity index (χ2n) is 4.79. The van der Waals surface area contributed by atoms with Crippen molar-refractivity contribution < 1.29 is 9.53 Å². The smallest absolute Gasteiger partial charge is 0.358 e. The van der Waals surface area contributed by atoms with Gasteiger partial charge < -0.3 is 4.74 Å². The van der Waals surface area contributed by atoms with E-state index in [-0.39, 0.29) is 5.69 Å². The van der Waals surface area contributed by atoms with Crippen LogP contribution < -0.4 is 0 Å². The number of esters is 1. The number of ether oxygens (including phenoxy) is 1. The minimum Gasteiger partial charge on any atom is -0.464 e. The highest BCUT2D eigenvalue weighted by atomic mass is 16.5. The van der Waals surface area contributed by atoms with Crippen LogP contribution in [-0.4, -0.2) is 32.6 Å². The van der Waals surface area contributed by atoms with Crippen molar-refractivity contribution in [1.29, 1.82) is 0 Å². The molecular weight excluding hydrogens is 268 g/mol. The van der Waals surface area contributed by atoms with E-state index in [4.69, 9.17) is 0 Å². The molecule has 0 saturated heterocycles. The van der Waals surface area contributed by atoms with Crippen LogP contribution in [0.15, 0.2) is 30.9 Å². The number of methoxy groups -OCH3 is 1. The lowest BCUT2D eigenvalue weighted by molar-refractivity contribution is 0.0593. The van der Waals surface area contributed by atoms with Gasteiger partial charge in [0.2, 0.25) is 0 Å². The summed E-state index contributed by atoms with van der Waals surface area (Å²) in [7, 11) is 1.31. The van der Waals surface area contributed by atoms with Crippen LogP contribution in [0.1, 0.15) is 21.6 Å². The Kier molecular flexibility index (Phi) is 3.13. The zero-order valence-corrected chi connectivity index (χ0v) is 12.0. The molecule has 0 amide bonds. The first-order valence-electron chi connectivity index (χ1n) is 6.45. The van der Waals surface area contributed by atoms with E-state index < -0.39 is 5.97 Å². The number of hydrogen-bond acceptors (Lipinski definition) is 5. The van der Waals surface area contributed by atoms with Gasteiger partial charge in [-0.3, -0.25) is 9.55 Å². The van der Waals surface area contributed by atoms with Crippen molar-refractivity contribution in [2.75, 3.05) is 7.11 Å². The van der Waals surface area contributed by atoms with Crippen molar-refractivity contribution in [3.8, 4) is 5.82 Å². The normalized spacial score (nSPS) is 10.8. The molecule has 6 heteroatoms. The SMILES string of the molecule is COC(=O)c1cncc(-n2cnc3cc(C)c(C)cc32)n1. The summed E-state index contributed by atoms with van der Waals surface area (Å²) >= 11 is 0. The van der Waals surface area contributed by atoms with Crippen molar-refractivity contribution in [2.24, 2.45) is 0 Å². The minimum absolute atomic E-state index is 0.167. The Labute approximate surface area is 121 Å². The van der Waals surface area contributed by atoms with Gasteiger partial charge in [0, 0.05) is 0 Å². The summed E-state index contributed by atoms with van der Waals surface area (Å²) in [6.07, 6.45) is 4.64. The molecule has 0 fully saturated rings. The van der Waals surface area contributed by atoms with E-state index in [1.54, 1.807) is 17.1 Å². The van der Waals surface area contributed by atoms with Gasteiger partial charge in [-0.05, 0) is 37.1 Å². The molecule has 0 N–H and O–H groups in total. The van der Waals surface area contributed by atoms with E-state index in [0.717, 1.165) is 11.0 Å². The molecular formula is C15H14N4O2. The van der Waals surface area contributed by atoms with E-state index in [9.17, 15) is 4.79 Å². The minimum atomic E-state index is -0.513. The fourth-order valence-electron chi connectivity index (χ4n) is 2.12. The molecule has 0 unspecified atom stereocenters. The first-order valence-corrected chi connectivity index (χ1v) is 6.45. The standard InChI is InChI=1S/C15H14N4O2/c1-9-4-11-13(5-10(9)2)19(8-17-11)14-7-16-6-12(18-14)15(20)21-3/h4-8H,1-3H3. The Morgan fingerprint density at radius 1 is 1.19 bits per heavy atom. The Hall–Kier alpha value is -2.76. The predicted octanol–water partition coefficient (Wildman–Crippen LogP) is 2.22. The first-order chi connectivity index (χ1) is 10.1. The van der Waals surface area contributed by atoms with E-state index in [0.29, 0.717) is 5.82 Å². The van der Waals surface area contributed by atoms with E-state index in [1.807, 2.05) is 26.0 Å². The molecule has 3 aromatic rings. The van der Waals surface area contributed by atoms with Crippen LogP contribution in [0.3, 0.4) is 0 Å². The molecule has 2 heterocycles. The number of aryl methyl sites for hydroxylation is 2. The third-order valence-electron chi connectivity index (χ3n) is 3.43. The summed E-state index contributed by atoms with van der Waals surface area (Å²) in [6.45, 7) is 4.09. The summed E-state index contributed by atoms with van der Waals surface area (Å²) in [4.78, 5) is 24.2. The number of carbonyl (C=O) groups is 1. The number of fused-ring (bicyclic) bond motifs is 1. The van der Waals surface area contributed by atoms with Gasteiger partial charge in [-0.25, -0.2) is 14.8 Å². The van der Waals surface area contributed by atoms with Crippen LogP contribution in [0.2, 0.25) is 0 Å². The highest BCUT2D eigenvalue weighted by Gasteiger charge is 2.12. The number of carbonyl (C=O) groups excluding carboxylic acids is 1. The Bertz CT molecular complexity index is 839. The Morgan fingerprint density at radius 3 is 2.71 bits per heavy atom. The molecule has 0 saturated carbocycles. The second kappa shape index (κ2) is 4.97. The average molecular weight is 282 g/mol. The summed E-state index contributed by atoms with van der Waals surface area (Å²) in [5, 5.41) is 0. The third-order valence-corrected chi connectivity index (χ3v) is 3.43. The van der Waals surface area contributed by atoms with Gasteiger partial charge in [0.1, 0.15) is 6.33 Å². The lowest BCUT2D eigenvalue weighted by Crippen LogP contribution is -2.08. The topological polar surface area (TPSA) is 69.9 Å². The monoisotopic (exact) mass is 282 g/mol. The largest absolute Gasteiger partial charge is 0.464 e. The molecule has 6 nitrogen and oxygen atoms in total. The second-order valence-corrected chi connectivity index (χ2v) is 4.79. The molecule has 0 aliphatic heterocycles. The molecule has 2 aromatic heterocycles. The van der Waals surface area contributed by atoms with Gasteiger partial charge >= 0.3 is 5.97 Å². The molecule has 0 radical (unpaired) electrons. The molecule has 3 rings (SSSR count). The number of benzene rings is 1. The van der Waals surface area contributed by atoms with Gasteiger partial charge in [0.05, 0.1) is 30.5 Å². The van der Waals surface area contributed by atoms with Gasteiger partial charge in [-0.1, -0.05) is 0 Å². The summed E-state index contributed by atoms with van der Waals surface area (Å²) in [6, 6.07) is 4.07. The molecule has 0 bridgehead atoms. The van der Waals surface area contributed by atoms with Crippen molar-refractivity contribution >= 4 is 17.0 Å². The Balaban J connectivity index is 2.17. The molecule has 106 valence electrons. The van der Waals surface area contributed by atoms with Crippen LogP contribution in [0.4, 0.5) is 0 Å². The van der Waals surface area contributed by atoms with Gasteiger partial charge in [-0.2, -0.15) is 0 Å². The third kappa shape index (κ3) is 2.24. The fourth-order valence-corrected chi connectivity index (χ4v) is 2.12. The van der Waals surface area contributed by atoms with E-state index in [2.05, 4.69) is 19.7 Å². The molecule has 0 atom stereocenters. The molecule has 21 heavy (non-hydrogen) atoms. The van der Waals surface area contributed by atoms with Gasteiger partial charge in [-0.15, -0.1) is 0 Å². The Morgan fingerprint density at radius 2 is 1.95 bits per heavy atom. The summed E-state index contributed by atoms with van der Waals surface area (Å²) < 4.78 is 6.47. The van der Waals surface area contributed by atoms with E-state index >= 15 is 0 Å². The molecule has 1 aromatic carbocycles. The summed E-state index contributed by atoms with van der Waals surface area (Å²) in [5.74, 6) is 0.0180. The molecule has 0 aliphatic rings. The van der Waals surface area contributed by atoms with Gasteiger partial charge in [0.25, 0.3) is 0 Å². The average Bonchev–Trinajstić information content (AvgIpc) is 2.90. The van der Waals surface area contributed by atoms with Gasteiger partial charge in [0.15, 0.2) is 11.5 Å². The zero-order chi connectivity index (χ0) is 15.0. The number of hydrogen-bond donors (Lipinski definition) is 0. The fraction of sp³-hybridized carbons (Fsp3) is 0.200. The van der Waals surface area contributed by atoms with Crippen molar-refractivity contribution in [3.05, 3.63) is 47.7 Å². The first kappa shape index (κ1) is 13.2. The van der Waals surface area contributed by atoms with Crippen LogP contribution in [0.25, 0.3) is 16.9 Å². The number of rotatable bonds is 2. The maximum Gasteiger partial charge on any atom is 0.358 e. The van der Waals surface area contributed by atoms with Crippen molar-refractivity contribution in [1.82, 2.24) is 19.5 Å². The number of imidazole rings is 1. The van der Waals surface area contributed by atoms with E-state index in [1.165, 1.54) is 24.4 Å². The van der Waals surface area contributed by atoms with Crippen molar-refractivity contribution in [2.45, 2.75) is 13.8 Å². The molecule has 0 aliphatic carbocycles. The highest BCUT2D eigenvalue weighted by molar-refractivity contribution is 5.87. The van der Waals surface area contributed by atoms with Crippen molar-refractivity contribution in [3.63, 3.8) is 0 Å². The summed E-state index contributed by atoms with van der Waals surface area (Å²) in [5.41, 5.74) is 4.32. The number of aromatic nitrogens is 4. The predicted molar refractivity (Wildman–Crippen MR) is 77.5 cm³/mol. The van der Waals surface area contributed by atoms with Crippen LogP contribution >= 0.6 is 0 Å². The lowest BCUT2D eigenvalue weighted by atomic mass is 10.1. The quantitative estimate of drug-likeness (QED) is 0.674.